The van der Waals surface area contributed by atoms with Gasteiger partial charge in [-0.05, 0) is 13.3 Å². The van der Waals surface area contributed by atoms with Gasteiger partial charge < -0.3 is 20.1 Å². The van der Waals surface area contributed by atoms with Crippen LogP contribution in [0.2, 0.25) is 0 Å². The molecule has 0 saturated heterocycles. The molecule has 6 nitrogen and oxygen atoms in total. The molecule has 0 unspecified atom stereocenters. The molecular formula is C11H22N2O4. The third kappa shape index (κ3) is 6.91. The molecule has 0 aromatic carbocycles. The number of nitrogens with two attached hydrogens (primary N) is 1. The summed E-state index contributed by atoms with van der Waals surface area (Å²) in [4.78, 5) is 24.1. The van der Waals surface area contributed by atoms with E-state index in [0.717, 1.165) is 0 Å². The van der Waals surface area contributed by atoms with Crippen molar-refractivity contribution in [2.75, 3.05) is 33.9 Å². The second kappa shape index (κ2) is 8.95. The first kappa shape index (κ1) is 13.9. The van der Waals surface area contributed by atoms with Gasteiger partial charge >= 0.3 is 5.97 Å². The molecule has 0 aliphatic heterocycles. The van der Waals surface area contributed by atoms with Gasteiger partial charge in [0, 0.05) is 28.0 Å². The van der Waals surface area contributed by atoms with Crippen LogP contribution in [0.1, 0.15) is 21.1 Å². The highest BCUT2D eigenvalue weighted by molar-refractivity contribution is 5.79. The Kier molecular flexibility index (Phi) is 7.33. The third-order valence-corrected chi connectivity index (χ3v) is 2.24. The maximum atomic E-state index is 11.7. The second-order valence-electron chi connectivity index (χ2n) is 3.52. The van der Waals surface area contributed by atoms with Gasteiger partial charge in [0.1, 0.15) is 6.04 Å². The van der Waals surface area contributed by atoms with E-state index in [1.54, 1.807) is 0 Å². The highest BCUT2D eigenvalue weighted by Gasteiger charge is 2.16. The normalized spacial score (nSPS) is 12.8. The van der Waals surface area contributed by atoms with E-state index in [1.807, 2.05) is 6.92 Å². The van der Waals surface area contributed by atoms with Crippen molar-refractivity contribution in [2.45, 2.75) is 25.8 Å². The summed E-state index contributed by atoms with van der Waals surface area (Å²) in [6.45, 7) is 3.23. The van der Waals surface area contributed by atoms with Crippen LogP contribution in [0.25, 0.3) is 0 Å². The molecule has 17 heavy (non-hydrogen) atoms. The van der Waals surface area contributed by atoms with Crippen molar-refractivity contribution in [1.29, 1.82) is 0 Å². The Labute approximate surface area is 103 Å². The number of amides is 1. The van der Waals surface area contributed by atoms with Crippen molar-refractivity contribution in [1.82, 2.24) is 4.90 Å². The molecule has 6 heteroatoms. The van der Waals surface area contributed by atoms with Crippen LogP contribution >= 0.6 is 0 Å². The van der Waals surface area contributed by atoms with Gasteiger partial charge in [-0.2, -0.15) is 0 Å². The molecular weight excluding hydrogens is 224 g/mol. The number of esters is 1. The molecule has 0 bridgehead atoms. The molecule has 0 spiro atoms. The van der Waals surface area contributed by atoms with E-state index in [4.69, 9.17) is 11.8 Å². The summed E-state index contributed by atoms with van der Waals surface area (Å²) in [7, 11) is 1.13. The van der Waals surface area contributed by atoms with Gasteiger partial charge in [0.2, 0.25) is 5.91 Å². The van der Waals surface area contributed by atoms with E-state index in [1.165, 1.54) is 12.0 Å². The predicted octanol–water partition coefficient (Wildman–Crippen LogP) is -0.238. The van der Waals surface area contributed by atoms with Crippen molar-refractivity contribution in [3.05, 3.63) is 0 Å². The summed E-state index contributed by atoms with van der Waals surface area (Å²) in [6.07, 6.45) is 0.345. The number of likely N-dealkylation sites (N-methyl/N-ethyl adjacent to an activating group) is 1. The molecule has 0 aromatic heterocycles. The quantitative estimate of drug-likeness (QED) is 0.473. The van der Waals surface area contributed by atoms with Crippen molar-refractivity contribution < 1.29 is 20.4 Å². The largest absolute Gasteiger partial charge is 0.468 e. The first-order valence-corrected chi connectivity index (χ1v) is 5.54. The van der Waals surface area contributed by atoms with Crippen LogP contribution in [-0.4, -0.2) is 56.7 Å². The Morgan fingerprint density at radius 2 is 2.24 bits per heavy atom. The fourth-order valence-corrected chi connectivity index (χ4v) is 1.15. The van der Waals surface area contributed by atoms with Gasteiger partial charge in [-0.25, -0.2) is 0 Å². The fourth-order valence-electron chi connectivity index (χ4n) is 1.15. The van der Waals surface area contributed by atoms with Gasteiger partial charge in [-0.1, -0.05) is 0 Å². The summed E-state index contributed by atoms with van der Waals surface area (Å²) in [6, 6.07) is -0.793. The molecule has 0 fully saturated rings. The standard InChI is InChI=1S/C11H22N2O4/c1-4-17-8-7-13(2)10(14)6-5-9(12)11(15)16-3/h9H,4-8,12H2,1-3H3/t9-/m0/s1/i2D. The number of hydrogen-bond acceptors (Lipinski definition) is 5. The fraction of sp³-hybridized carbons (Fsp3) is 0.818. The number of ether oxygens (including phenoxy) is 2. The zero-order valence-corrected chi connectivity index (χ0v) is 10.5. The van der Waals surface area contributed by atoms with E-state index >= 15 is 0 Å². The van der Waals surface area contributed by atoms with Gasteiger partial charge in [0.15, 0.2) is 0 Å². The number of rotatable bonds is 8. The highest BCUT2D eigenvalue weighted by atomic mass is 16.5. The number of carbonyl (C=O) groups excluding carboxylic acids is 2. The lowest BCUT2D eigenvalue weighted by atomic mass is 10.1. The van der Waals surface area contributed by atoms with Crippen LogP contribution in [0.15, 0.2) is 0 Å². The monoisotopic (exact) mass is 247 g/mol. The summed E-state index contributed by atoms with van der Waals surface area (Å²) < 4.78 is 16.8. The molecule has 0 aliphatic carbocycles. The number of hydrogen-bond donors (Lipinski definition) is 1. The van der Waals surface area contributed by atoms with Crippen LogP contribution in [0.5, 0.6) is 0 Å². The summed E-state index contributed by atoms with van der Waals surface area (Å²) in [5, 5.41) is 0. The van der Waals surface area contributed by atoms with E-state index in [9.17, 15) is 9.59 Å². The number of nitrogens with zero attached hydrogens (tertiary/aromatic N) is 1. The molecule has 0 radical (unpaired) electrons. The Hall–Kier alpha value is -1.14. The minimum atomic E-state index is -0.793. The zero-order chi connectivity index (χ0) is 14.0. The number of methoxy groups -OCH3 is 1. The lowest BCUT2D eigenvalue weighted by Gasteiger charge is -2.17. The van der Waals surface area contributed by atoms with E-state index in [0.29, 0.717) is 19.8 Å². The zero-order valence-electron chi connectivity index (χ0n) is 11.5. The lowest BCUT2D eigenvalue weighted by molar-refractivity contribution is -0.142. The minimum Gasteiger partial charge on any atom is -0.468 e. The molecule has 1 amide bonds. The molecule has 0 aromatic rings. The van der Waals surface area contributed by atoms with Crippen molar-refractivity contribution in [3.63, 3.8) is 0 Å². The van der Waals surface area contributed by atoms with Crippen LogP contribution in [0.4, 0.5) is 0 Å². The predicted molar refractivity (Wildman–Crippen MR) is 63.4 cm³/mol. The van der Waals surface area contributed by atoms with Crippen molar-refractivity contribution >= 4 is 11.9 Å². The maximum Gasteiger partial charge on any atom is 0.322 e. The highest BCUT2D eigenvalue weighted by Crippen LogP contribution is 2.00. The number of carbonyl (C=O) groups is 2. The Bertz CT molecular complexity index is 263. The Morgan fingerprint density at radius 3 is 2.76 bits per heavy atom. The molecule has 0 heterocycles. The molecule has 1 atom stereocenters. The Balaban J connectivity index is 4.00. The minimum absolute atomic E-state index is 0.126. The van der Waals surface area contributed by atoms with Crippen LogP contribution in [0, 0.1) is 0 Å². The average Bonchev–Trinajstić information content (AvgIpc) is 2.39. The first-order chi connectivity index (χ1) is 8.56. The van der Waals surface area contributed by atoms with Crippen molar-refractivity contribution in [2.24, 2.45) is 5.73 Å². The lowest BCUT2D eigenvalue weighted by Crippen LogP contribution is -2.35. The second-order valence-corrected chi connectivity index (χ2v) is 3.52. The molecule has 0 saturated carbocycles. The maximum absolute atomic E-state index is 11.7. The molecule has 0 rings (SSSR count). The van der Waals surface area contributed by atoms with E-state index in [2.05, 4.69) is 4.74 Å². The summed E-state index contributed by atoms with van der Waals surface area (Å²) in [5.41, 5.74) is 5.52. The SMILES string of the molecule is [2H]CN(CCOCC)C(=O)CC[C@H](N)C(=O)OC. The van der Waals surface area contributed by atoms with Crippen LogP contribution < -0.4 is 5.73 Å². The first-order valence-electron chi connectivity index (χ1n) is 6.25. The summed E-state index contributed by atoms with van der Waals surface area (Å²) in [5.74, 6) is -0.737. The Morgan fingerprint density at radius 1 is 1.53 bits per heavy atom. The summed E-state index contributed by atoms with van der Waals surface area (Å²) >= 11 is 0. The third-order valence-electron chi connectivity index (χ3n) is 2.24. The average molecular weight is 247 g/mol. The smallest absolute Gasteiger partial charge is 0.322 e. The molecule has 2 N–H and O–H groups in total. The van der Waals surface area contributed by atoms with Gasteiger partial charge in [0.25, 0.3) is 0 Å². The van der Waals surface area contributed by atoms with Gasteiger partial charge in [-0.15, -0.1) is 0 Å². The van der Waals surface area contributed by atoms with Crippen LogP contribution in [0.3, 0.4) is 0 Å². The van der Waals surface area contributed by atoms with Gasteiger partial charge in [0.05, 0.1) is 13.7 Å². The topological polar surface area (TPSA) is 81.9 Å². The molecule has 0 aliphatic rings. The van der Waals surface area contributed by atoms with Crippen molar-refractivity contribution in [3.8, 4) is 0 Å². The molecule has 100 valence electrons. The van der Waals surface area contributed by atoms with Crippen LogP contribution in [-0.2, 0) is 19.1 Å². The van der Waals surface area contributed by atoms with E-state index in [-0.39, 0.29) is 25.8 Å². The van der Waals surface area contributed by atoms with E-state index < -0.39 is 12.0 Å². The van der Waals surface area contributed by atoms with Gasteiger partial charge in [-0.3, -0.25) is 9.59 Å².